The van der Waals surface area contributed by atoms with Crippen LogP contribution in [0.25, 0.3) is 10.2 Å². The Balaban J connectivity index is 1.59. The van der Waals surface area contributed by atoms with E-state index < -0.39 is 0 Å². The number of likely N-dealkylation sites (N-methyl/N-ethyl adjacent to an activating group) is 2. The molecule has 148 valence electrons. The van der Waals surface area contributed by atoms with Crippen molar-refractivity contribution in [3.05, 3.63) is 59.1 Å². The first-order valence-corrected chi connectivity index (χ1v) is 10.2. The van der Waals surface area contributed by atoms with Crippen LogP contribution in [0.4, 0.5) is 5.69 Å². The average Bonchev–Trinajstić information content (AvgIpc) is 3.11. The second kappa shape index (κ2) is 8.71. The second-order valence-electron chi connectivity index (χ2n) is 7.43. The van der Waals surface area contributed by atoms with Gasteiger partial charge in [-0.05, 0) is 43.8 Å². The number of benzene rings is 2. The van der Waals surface area contributed by atoms with Gasteiger partial charge in [0.25, 0.3) is 0 Å². The van der Waals surface area contributed by atoms with Gasteiger partial charge < -0.3 is 9.80 Å². The van der Waals surface area contributed by atoms with Gasteiger partial charge >= 0.3 is 0 Å². The Morgan fingerprint density at radius 3 is 2.36 bits per heavy atom. The molecule has 0 unspecified atom stereocenters. The van der Waals surface area contributed by atoms with E-state index in [1.165, 1.54) is 11.3 Å². The number of thiazole rings is 1. The molecule has 1 amide bonds. The zero-order chi connectivity index (χ0) is 20.3. The molecular weight excluding hydrogens is 368 g/mol. The molecule has 0 saturated carbocycles. The average molecular weight is 397 g/mol. The monoisotopic (exact) mass is 396 g/mol. The second-order valence-corrected chi connectivity index (χ2v) is 8.50. The highest BCUT2D eigenvalue weighted by Gasteiger charge is 2.21. The van der Waals surface area contributed by atoms with Crippen LogP contribution in [0.1, 0.15) is 23.5 Å². The van der Waals surface area contributed by atoms with Crippen molar-refractivity contribution >= 4 is 33.1 Å². The standard InChI is InChI=1S/C22H28N4OS/c1-16(22-23-19-8-6-7-9-20(19)28-22)26(5)21(27)15-25(4)14-17-10-12-18(13-11-17)24(2)3/h6-13,16H,14-15H2,1-5H3/t16-/m0/s1. The van der Waals surface area contributed by atoms with Crippen molar-refractivity contribution in [1.82, 2.24) is 14.8 Å². The van der Waals surface area contributed by atoms with Gasteiger partial charge in [-0.15, -0.1) is 11.3 Å². The Morgan fingerprint density at radius 1 is 1.04 bits per heavy atom. The van der Waals surface area contributed by atoms with E-state index in [9.17, 15) is 4.79 Å². The summed E-state index contributed by atoms with van der Waals surface area (Å²) in [5.41, 5.74) is 3.36. The summed E-state index contributed by atoms with van der Waals surface area (Å²) in [6, 6.07) is 16.5. The van der Waals surface area contributed by atoms with E-state index in [4.69, 9.17) is 4.98 Å². The molecule has 0 fully saturated rings. The van der Waals surface area contributed by atoms with Crippen LogP contribution < -0.4 is 4.90 Å². The third kappa shape index (κ3) is 4.69. The predicted octanol–water partition coefficient (Wildman–Crippen LogP) is 4.01. The van der Waals surface area contributed by atoms with E-state index in [1.807, 2.05) is 53.3 Å². The molecule has 1 aromatic heterocycles. The van der Waals surface area contributed by atoms with Crippen LogP contribution in [0.5, 0.6) is 0 Å². The fraction of sp³-hybridized carbons (Fsp3) is 0.364. The van der Waals surface area contributed by atoms with Gasteiger partial charge in [0.1, 0.15) is 5.01 Å². The number of nitrogens with zero attached hydrogens (tertiary/aromatic N) is 4. The fourth-order valence-electron chi connectivity index (χ4n) is 3.06. The number of para-hydroxylation sites is 1. The Morgan fingerprint density at radius 2 is 1.71 bits per heavy atom. The van der Waals surface area contributed by atoms with Crippen LogP contribution in [0.3, 0.4) is 0 Å². The summed E-state index contributed by atoms with van der Waals surface area (Å²) in [5.74, 6) is 0.0965. The molecular formula is C22H28N4OS. The largest absolute Gasteiger partial charge is 0.378 e. The summed E-state index contributed by atoms with van der Waals surface area (Å²) in [6.07, 6.45) is 0. The van der Waals surface area contributed by atoms with Crippen LogP contribution in [0.2, 0.25) is 0 Å². The zero-order valence-corrected chi connectivity index (χ0v) is 18.0. The maximum atomic E-state index is 12.8. The molecule has 28 heavy (non-hydrogen) atoms. The molecule has 0 N–H and O–H groups in total. The number of carbonyl (C=O) groups excluding carboxylic acids is 1. The van der Waals surface area contributed by atoms with Gasteiger partial charge in [-0.3, -0.25) is 9.69 Å². The first kappa shape index (κ1) is 20.3. The lowest BCUT2D eigenvalue weighted by atomic mass is 10.2. The number of rotatable bonds is 7. The number of carbonyl (C=O) groups is 1. The van der Waals surface area contributed by atoms with E-state index in [0.717, 1.165) is 21.8 Å². The van der Waals surface area contributed by atoms with Gasteiger partial charge in [0.2, 0.25) is 5.91 Å². The third-order valence-corrected chi connectivity index (χ3v) is 6.16. The lowest BCUT2D eigenvalue weighted by Gasteiger charge is -2.26. The van der Waals surface area contributed by atoms with Crippen LogP contribution in [0.15, 0.2) is 48.5 Å². The normalized spacial score (nSPS) is 12.4. The molecule has 0 bridgehead atoms. The molecule has 0 radical (unpaired) electrons. The summed E-state index contributed by atoms with van der Waals surface area (Å²) in [5, 5.41) is 0.971. The third-order valence-electron chi connectivity index (χ3n) is 4.95. The summed E-state index contributed by atoms with van der Waals surface area (Å²) in [6.45, 7) is 3.15. The maximum absolute atomic E-state index is 12.8. The van der Waals surface area contributed by atoms with Crippen molar-refractivity contribution in [3.63, 3.8) is 0 Å². The van der Waals surface area contributed by atoms with Crippen LogP contribution >= 0.6 is 11.3 Å². The highest BCUT2D eigenvalue weighted by atomic mass is 32.1. The lowest BCUT2D eigenvalue weighted by Crippen LogP contribution is -2.37. The molecule has 0 aliphatic heterocycles. The topological polar surface area (TPSA) is 39.7 Å². The number of hydrogen-bond donors (Lipinski definition) is 0. The van der Waals surface area contributed by atoms with Gasteiger partial charge in [-0.2, -0.15) is 0 Å². The molecule has 3 rings (SSSR count). The van der Waals surface area contributed by atoms with E-state index in [2.05, 4.69) is 40.1 Å². The van der Waals surface area contributed by atoms with Crippen molar-refractivity contribution in [2.45, 2.75) is 19.5 Å². The van der Waals surface area contributed by atoms with Gasteiger partial charge in [0, 0.05) is 33.4 Å². The minimum Gasteiger partial charge on any atom is -0.378 e. The van der Waals surface area contributed by atoms with E-state index in [-0.39, 0.29) is 11.9 Å². The van der Waals surface area contributed by atoms with E-state index in [0.29, 0.717) is 6.54 Å². The number of fused-ring (bicyclic) bond motifs is 1. The van der Waals surface area contributed by atoms with Crippen molar-refractivity contribution in [1.29, 1.82) is 0 Å². The quantitative estimate of drug-likeness (QED) is 0.605. The molecule has 0 saturated heterocycles. The van der Waals surface area contributed by atoms with Crippen molar-refractivity contribution in [3.8, 4) is 0 Å². The molecule has 0 spiro atoms. The van der Waals surface area contributed by atoms with E-state index >= 15 is 0 Å². The summed E-state index contributed by atoms with van der Waals surface area (Å²) in [7, 11) is 7.90. The summed E-state index contributed by atoms with van der Waals surface area (Å²) < 4.78 is 1.16. The van der Waals surface area contributed by atoms with Gasteiger partial charge in [-0.1, -0.05) is 24.3 Å². The van der Waals surface area contributed by atoms with Crippen LogP contribution in [0, 0.1) is 0 Å². The Bertz CT molecular complexity index is 902. The van der Waals surface area contributed by atoms with Crippen LogP contribution in [-0.2, 0) is 11.3 Å². The van der Waals surface area contributed by atoms with Crippen molar-refractivity contribution in [2.75, 3.05) is 39.6 Å². The Labute approximate surface area is 171 Å². The molecule has 0 aliphatic rings. The zero-order valence-electron chi connectivity index (χ0n) is 17.2. The lowest BCUT2D eigenvalue weighted by molar-refractivity contribution is -0.132. The summed E-state index contributed by atoms with van der Waals surface area (Å²) in [4.78, 5) is 23.4. The predicted molar refractivity (Wildman–Crippen MR) is 118 cm³/mol. The smallest absolute Gasteiger partial charge is 0.237 e. The molecule has 3 aromatic rings. The highest BCUT2D eigenvalue weighted by Crippen LogP contribution is 2.28. The number of anilines is 1. The molecule has 1 heterocycles. The number of aromatic nitrogens is 1. The van der Waals surface area contributed by atoms with Gasteiger partial charge in [0.05, 0.1) is 22.8 Å². The first-order chi connectivity index (χ1) is 13.3. The minimum atomic E-state index is -0.0438. The Kier molecular flexibility index (Phi) is 6.31. The number of hydrogen-bond acceptors (Lipinski definition) is 5. The van der Waals surface area contributed by atoms with Gasteiger partial charge in [-0.25, -0.2) is 4.98 Å². The fourth-order valence-corrected chi connectivity index (χ4v) is 4.12. The summed E-state index contributed by atoms with van der Waals surface area (Å²) >= 11 is 1.65. The Hall–Kier alpha value is -2.44. The minimum absolute atomic E-state index is 0.0438. The number of amides is 1. The van der Waals surface area contributed by atoms with Crippen molar-refractivity contribution in [2.24, 2.45) is 0 Å². The molecule has 5 nitrogen and oxygen atoms in total. The molecule has 0 aliphatic carbocycles. The van der Waals surface area contributed by atoms with Gasteiger partial charge in [0.15, 0.2) is 0 Å². The molecule has 2 aromatic carbocycles. The van der Waals surface area contributed by atoms with Crippen molar-refractivity contribution < 1.29 is 4.79 Å². The molecule has 1 atom stereocenters. The maximum Gasteiger partial charge on any atom is 0.237 e. The molecule has 6 heteroatoms. The first-order valence-electron chi connectivity index (χ1n) is 9.41. The van der Waals surface area contributed by atoms with Crippen LogP contribution in [-0.4, -0.2) is 55.4 Å². The SMILES string of the molecule is C[C@@H](c1nc2ccccc2s1)N(C)C(=O)CN(C)Cc1ccc(N(C)C)cc1. The highest BCUT2D eigenvalue weighted by molar-refractivity contribution is 7.18. The van der Waals surface area contributed by atoms with E-state index in [1.54, 1.807) is 16.2 Å².